The number of furan rings is 1. The van der Waals surface area contributed by atoms with Gasteiger partial charge in [0.25, 0.3) is 0 Å². The average molecular weight is 520 g/mol. The summed E-state index contributed by atoms with van der Waals surface area (Å²) in [6.45, 7) is 4.13. The molecule has 0 aliphatic carbocycles. The Kier molecular flexibility index (Phi) is 8.78. The van der Waals surface area contributed by atoms with E-state index in [2.05, 4.69) is 21.2 Å². The van der Waals surface area contributed by atoms with Gasteiger partial charge >= 0.3 is 23.9 Å². The molecular weight excluding hydrogens is 498 g/mol. The van der Waals surface area contributed by atoms with E-state index >= 15 is 0 Å². The van der Waals surface area contributed by atoms with Crippen LogP contribution < -0.4 is 5.32 Å². The maximum atomic E-state index is 12.5. The van der Waals surface area contributed by atoms with Crippen LogP contribution in [0.15, 0.2) is 21.2 Å². The van der Waals surface area contributed by atoms with E-state index in [9.17, 15) is 24.0 Å². The fourth-order valence-electron chi connectivity index (χ4n) is 2.98. The maximum Gasteiger partial charge on any atom is 0.376 e. The Bertz CT molecular complexity index is 882. The Balaban J connectivity index is 2.42. The molecule has 13 heteroatoms. The Morgan fingerprint density at radius 2 is 1.56 bits per heavy atom. The molecule has 2 heterocycles. The van der Waals surface area contributed by atoms with Crippen LogP contribution in [0.2, 0.25) is 0 Å². The molecule has 1 N–H and O–H groups in total. The lowest BCUT2D eigenvalue weighted by Crippen LogP contribution is -2.66. The van der Waals surface area contributed by atoms with Gasteiger partial charge in [0.1, 0.15) is 18.8 Å². The highest BCUT2D eigenvalue weighted by molar-refractivity contribution is 9.10. The first-order valence-electron chi connectivity index (χ1n) is 9.34. The normalized spacial score (nSPS) is 24.7. The largest absolute Gasteiger partial charge is 0.463 e. The SMILES string of the molecule is CC(=O)N[C@@H]1[C@H](OC(=O)c2ccc(Br)o2)O[C@H](COC(C)=O)[C@H](OC(C)=O)[C@@H]1OC(C)=O. The molecule has 0 spiro atoms. The molecule has 0 saturated carbocycles. The zero-order valence-corrected chi connectivity index (χ0v) is 19.2. The number of rotatable bonds is 7. The minimum absolute atomic E-state index is 0.176. The molecule has 176 valence electrons. The van der Waals surface area contributed by atoms with E-state index in [1.807, 2.05) is 0 Å². The molecule has 1 aliphatic rings. The quantitative estimate of drug-likeness (QED) is 0.402. The van der Waals surface area contributed by atoms with Gasteiger partial charge in [-0.05, 0) is 28.1 Å². The second kappa shape index (κ2) is 11.1. The molecule has 5 atom stereocenters. The number of carbonyl (C=O) groups excluding carboxylic acids is 5. The van der Waals surface area contributed by atoms with Gasteiger partial charge < -0.3 is 33.4 Å². The number of halogens is 1. The first kappa shape index (κ1) is 25.3. The molecule has 2 rings (SSSR count). The number of hydrogen-bond acceptors (Lipinski definition) is 11. The van der Waals surface area contributed by atoms with Crippen LogP contribution in [0.5, 0.6) is 0 Å². The molecule has 1 aliphatic heterocycles. The van der Waals surface area contributed by atoms with Gasteiger partial charge in [0, 0.05) is 27.7 Å². The van der Waals surface area contributed by atoms with Gasteiger partial charge in [-0.15, -0.1) is 0 Å². The molecule has 0 bridgehead atoms. The van der Waals surface area contributed by atoms with Crippen LogP contribution in [0.1, 0.15) is 38.2 Å². The van der Waals surface area contributed by atoms with Crippen molar-refractivity contribution in [3.05, 3.63) is 22.6 Å². The molecule has 12 nitrogen and oxygen atoms in total. The topological polar surface area (TPSA) is 157 Å². The van der Waals surface area contributed by atoms with Gasteiger partial charge in [0.2, 0.25) is 18.0 Å². The predicted molar refractivity (Wildman–Crippen MR) is 106 cm³/mol. The van der Waals surface area contributed by atoms with E-state index in [0.717, 1.165) is 20.8 Å². The number of amides is 1. The van der Waals surface area contributed by atoms with Crippen molar-refractivity contribution in [3.63, 3.8) is 0 Å². The Labute approximate surface area is 190 Å². The molecular formula is C19H22BrNO11. The second-order valence-corrected chi connectivity index (χ2v) is 7.51. The summed E-state index contributed by atoms with van der Waals surface area (Å²) in [5, 5.41) is 2.48. The van der Waals surface area contributed by atoms with Crippen molar-refractivity contribution in [2.75, 3.05) is 6.61 Å². The second-order valence-electron chi connectivity index (χ2n) is 6.73. The third-order valence-corrected chi connectivity index (χ3v) is 4.49. The number of ether oxygens (including phenoxy) is 5. The van der Waals surface area contributed by atoms with Crippen molar-refractivity contribution in [2.45, 2.75) is 58.3 Å². The Morgan fingerprint density at radius 3 is 2.06 bits per heavy atom. The van der Waals surface area contributed by atoms with Crippen molar-refractivity contribution in [1.29, 1.82) is 0 Å². The van der Waals surface area contributed by atoms with Crippen LogP contribution in [0.3, 0.4) is 0 Å². The summed E-state index contributed by atoms with van der Waals surface area (Å²) < 4.78 is 32.0. The Morgan fingerprint density at radius 1 is 0.938 bits per heavy atom. The number of nitrogens with one attached hydrogen (secondary N) is 1. The van der Waals surface area contributed by atoms with E-state index in [4.69, 9.17) is 28.1 Å². The third-order valence-electron chi connectivity index (χ3n) is 4.07. The summed E-state index contributed by atoms with van der Waals surface area (Å²) in [6, 6.07) is 1.53. The number of esters is 4. The average Bonchev–Trinajstić information content (AvgIpc) is 3.10. The molecule has 1 aromatic heterocycles. The first-order valence-corrected chi connectivity index (χ1v) is 10.1. The fourth-order valence-corrected chi connectivity index (χ4v) is 3.29. The predicted octanol–water partition coefficient (Wildman–Crippen LogP) is 0.855. The molecule has 1 saturated heterocycles. The summed E-state index contributed by atoms with van der Waals surface area (Å²) in [5.74, 6) is -3.87. The van der Waals surface area contributed by atoms with Crippen molar-refractivity contribution in [1.82, 2.24) is 5.32 Å². The van der Waals surface area contributed by atoms with Gasteiger partial charge in [0.15, 0.2) is 16.9 Å². The van der Waals surface area contributed by atoms with Crippen molar-refractivity contribution < 1.29 is 52.1 Å². The highest BCUT2D eigenvalue weighted by Crippen LogP contribution is 2.29. The smallest absolute Gasteiger partial charge is 0.376 e. The van der Waals surface area contributed by atoms with Crippen LogP contribution in [0.25, 0.3) is 0 Å². The lowest BCUT2D eigenvalue weighted by atomic mass is 9.96. The van der Waals surface area contributed by atoms with Crippen LogP contribution in [0, 0.1) is 0 Å². The summed E-state index contributed by atoms with van der Waals surface area (Å²) in [5.41, 5.74) is 0. The maximum absolute atomic E-state index is 12.5. The van der Waals surface area contributed by atoms with Gasteiger partial charge in [-0.25, -0.2) is 4.79 Å². The lowest BCUT2D eigenvalue weighted by molar-refractivity contribution is -0.264. The summed E-state index contributed by atoms with van der Waals surface area (Å²) in [4.78, 5) is 59.1. The van der Waals surface area contributed by atoms with Crippen LogP contribution in [-0.2, 0) is 42.9 Å². The molecule has 32 heavy (non-hydrogen) atoms. The van der Waals surface area contributed by atoms with E-state index in [0.29, 0.717) is 0 Å². The molecule has 1 fully saturated rings. The molecule has 0 aromatic carbocycles. The summed E-state index contributed by atoms with van der Waals surface area (Å²) in [7, 11) is 0. The zero-order valence-electron chi connectivity index (χ0n) is 17.6. The van der Waals surface area contributed by atoms with E-state index in [1.54, 1.807) is 0 Å². The standard InChI is InChI=1S/C19H22BrNO11/c1-8(22)21-15-17(29-11(4)25)16(28-10(3)24)13(7-27-9(2)23)31-19(15)32-18(26)12-5-6-14(20)30-12/h5-6,13,15-17,19H,7H2,1-4H3,(H,21,22)/t13-,15+,16+,17-,19+/m1/s1. The highest BCUT2D eigenvalue weighted by Gasteiger charge is 2.52. The number of carbonyl (C=O) groups is 5. The zero-order chi connectivity index (χ0) is 24.0. The van der Waals surface area contributed by atoms with Gasteiger partial charge in [-0.3, -0.25) is 19.2 Å². The fraction of sp³-hybridized carbons (Fsp3) is 0.526. The lowest BCUT2D eigenvalue weighted by Gasteiger charge is -2.44. The molecule has 1 amide bonds. The van der Waals surface area contributed by atoms with Gasteiger partial charge in [-0.2, -0.15) is 0 Å². The monoisotopic (exact) mass is 519 g/mol. The van der Waals surface area contributed by atoms with E-state index < -0.39 is 67.0 Å². The van der Waals surface area contributed by atoms with Crippen LogP contribution >= 0.6 is 15.9 Å². The van der Waals surface area contributed by atoms with Gasteiger partial charge in [0.05, 0.1) is 0 Å². The summed E-state index contributed by atoms with van der Waals surface area (Å²) >= 11 is 3.06. The summed E-state index contributed by atoms with van der Waals surface area (Å²) in [6.07, 6.45) is -5.35. The Hall–Kier alpha value is -2.93. The van der Waals surface area contributed by atoms with Crippen molar-refractivity contribution in [2.24, 2.45) is 0 Å². The van der Waals surface area contributed by atoms with Gasteiger partial charge in [-0.1, -0.05) is 0 Å². The number of hydrogen-bond donors (Lipinski definition) is 1. The van der Waals surface area contributed by atoms with E-state index in [1.165, 1.54) is 19.1 Å². The van der Waals surface area contributed by atoms with Crippen molar-refractivity contribution in [3.8, 4) is 0 Å². The molecule has 0 unspecified atom stereocenters. The highest BCUT2D eigenvalue weighted by atomic mass is 79.9. The first-order chi connectivity index (χ1) is 15.0. The molecule has 0 radical (unpaired) electrons. The van der Waals surface area contributed by atoms with E-state index in [-0.39, 0.29) is 10.4 Å². The van der Waals surface area contributed by atoms with Crippen molar-refractivity contribution >= 4 is 45.7 Å². The van der Waals surface area contributed by atoms with Crippen LogP contribution in [0.4, 0.5) is 0 Å². The third kappa shape index (κ3) is 7.05. The van der Waals surface area contributed by atoms with Crippen LogP contribution in [-0.4, -0.2) is 67.0 Å². The molecule has 1 aromatic rings. The minimum atomic E-state index is -1.52. The minimum Gasteiger partial charge on any atom is -0.463 e.